The summed E-state index contributed by atoms with van der Waals surface area (Å²) in [6.07, 6.45) is 3.73. The third-order valence-corrected chi connectivity index (χ3v) is 5.22. The van der Waals surface area contributed by atoms with Gasteiger partial charge in [0, 0.05) is 17.0 Å². The monoisotopic (exact) mass is 265 g/mol. The molecule has 1 fully saturated rings. The van der Waals surface area contributed by atoms with Crippen molar-refractivity contribution in [2.24, 2.45) is 0 Å². The first kappa shape index (κ1) is 13.9. The highest BCUT2D eigenvalue weighted by Crippen LogP contribution is 2.38. The van der Waals surface area contributed by atoms with E-state index in [1.807, 2.05) is 11.8 Å². The van der Waals surface area contributed by atoms with Crippen LogP contribution in [0.3, 0.4) is 0 Å². The Kier molecular flexibility index (Phi) is 5.54. The van der Waals surface area contributed by atoms with Crippen LogP contribution >= 0.6 is 11.8 Å². The van der Waals surface area contributed by atoms with Gasteiger partial charge in [-0.25, -0.2) is 0 Å². The highest BCUT2D eigenvalue weighted by molar-refractivity contribution is 7.99. The lowest BCUT2D eigenvalue weighted by Gasteiger charge is -2.36. The van der Waals surface area contributed by atoms with E-state index in [0.29, 0.717) is 17.2 Å². The summed E-state index contributed by atoms with van der Waals surface area (Å²) in [6.45, 7) is 0.285. The third-order valence-electron chi connectivity index (χ3n) is 3.86. The van der Waals surface area contributed by atoms with Crippen molar-refractivity contribution < 1.29 is 5.11 Å². The molecule has 0 aromatic heterocycles. The zero-order valence-corrected chi connectivity index (χ0v) is 11.8. The number of thioether (sulfide) groups is 1. The number of hydrogen-bond donors (Lipinski definition) is 2. The molecule has 3 heteroatoms. The maximum Gasteiger partial charge on any atom is 0.0521 e. The average Bonchev–Trinajstić information content (AvgIpc) is 2.45. The van der Waals surface area contributed by atoms with E-state index in [4.69, 9.17) is 5.11 Å². The van der Waals surface area contributed by atoms with Crippen LogP contribution in [-0.4, -0.2) is 35.8 Å². The molecular formula is C15H23NOS. The van der Waals surface area contributed by atoms with E-state index >= 15 is 0 Å². The van der Waals surface area contributed by atoms with Crippen molar-refractivity contribution >= 4 is 11.8 Å². The summed E-state index contributed by atoms with van der Waals surface area (Å²) >= 11 is 1.92. The number of benzene rings is 1. The molecule has 0 amide bonds. The highest BCUT2D eigenvalue weighted by Gasteiger charge is 2.30. The lowest BCUT2D eigenvalue weighted by Crippen LogP contribution is -2.40. The number of aliphatic hydroxyl groups excluding tert-OH is 1. The SMILES string of the molecule is CNC1CCC(c2ccccc2)CC1SCCO. The summed E-state index contributed by atoms with van der Waals surface area (Å²) in [5, 5.41) is 13.1. The largest absolute Gasteiger partial charge is 0.396 e. The standard InChI is InChI=1S/C15H23NOS/c1-16-14-8-7-13(11-15(14)18-10-9-17)12-5-3-2-4-6-12/h2-6,13-17H,7-11H2,1H3. The maximum absolute atomic E-state index is 9.00. The Morgan fingerprint density at radius 2 is 2.06 bits per heavy atom. The summed E-state index contributed by atoms with van der Waals surface area (Å²) in [5.41, 5.74) is 1.47. The van der Waals surface area contributed by atoms with Gasteiger partial charge >= 0.3 is 0 Å². The molecule has 1 aromatic rings. The van der Waals surface area contributed by atoms with Gasteiger partial charge in [-0.05, 0) is 37.8 Å². The zero-order chi connectivity index (χ0) is 12.8. The fourth-order valence-electron chi connectivity index (χ4n) is 2.88. The van der Waals surface area contributed by atoms with Crippen LogP contribution in [0.4, 0.5) is 0 Å². The summed E-state index contributed by atoms with van der Waals surface area (Å²) in [7, 11) is 2.06. The van der Waals surface area contributed by atoms with Gasteiger partial charge in [0.2, 0.25) is 0 Å². The second-order valence-corrected chi connectivity index (χ2v) is 6.30. The minimum atomic E-state index is 0.285. The van der Waals surface area contributed by atoms with Gasteiger partial charge < -0.3 is 10.4 Å². The van der Waals surface area contributed by atoms with Crippen LogP contribution < -0.4 is 5.32 Å². The van der Waals surface area contributed by atoms with Crippen LogP contribution in [0.5, 0.6) is 0 Å². The highest BCUT2D eigenvalue weighted by atomic mass is 32.2. The Morgan fingerprint density at radius 1 is 1.28 bits per heavy atom. The molecule has 0 radical (unpaired) electrons. The van der Waals surface area contributed by atoms with Crippen LogP contribution in [0, 0.1) is 0 Å². The molecule has 1 aromatic carbocycles. The second-order valence-electron chi connectivity index (χ2n) is 4.95. The van der Waals surface area contributed by atoms with Crippen LogP contribution in [0.25, 0.3) is 0 Å². The Labute approximate surface area is 114 Å². The Balaban J connectivity index is 2.00. The van der Waals surface area contributed by atoms with Crippen molar-refractivity contribution in [3.05, 3.63) is 35.9 Å². The second kappa shape index (κ2) is 7.17. The van der Waals surface area contributed by atoms with Crippen molar-refractivity contribution in [3.8, 4) is 0 Å². The van der Waals surface area contributed by atoms with Gasteiger partial charge in [-0.3, -0.25) is 0 Å². The fourth-order valence-corrected chi connectivity index (χ4v) is 4.16. The lowest BCUT2D eigenvalue weighted by atomic mass is 9.81. The van der Waals surface area contributed by atoms with E-state index in [1.165, 1.54) is 24.8 Å². The summed E-state index contributed by atoms with van der Waals surface area (Å²) in [4.78, 5) is 0. The van der Waals surface area contributed by atoms with Crippen LogP contribution in [0.2, 0.25) is 0 Å². The average molecular weight is 265 g/mol. The Morgan fingerprint density at radius 3 is 2.72 bits per heavy atom. The zero-order valence-electron chi connectivity index (χ0n) is 11.0. The van der Waals surface area contributed by atoms with Gasteiger partial charge in [0.1, 0.15) is 0 Å². The first-order chi connectivity index (χ1) is 8.85. The van der Waals surface area contributed by atoms with Crippen molar-refractivity contribution in [1.82, 2.24) is 5.32 Å². The molecule has 0 spiro atoms. The van der Waals surface area contributed by atoms with Gasteiger partial charge in [-0.1, -0.05) is 30.3 Å². The molecule has 1 aliphatic rings. The molecule has 1 saturated carbocycles. The minimum absolute atomic E-state index is 0.285. The normalized spacial score (nSPS) is 28.2. The van der Waals surface area contributed by atoms with Crippen LogP contribution in [0.15, 0.2) is 30.3 Å². The molecule has 0 saturated heterocycles. The smallest absolute Gasteiger partial charge is 0.0521 e. The van der Waals surface area contributed by atoms with E-state index in [9.17, 15) is 0 Å². The first-order valence-electron chi connectivity index (χ1n) is 6.79. The fraction of sp³-hybridized carbons (Fsp3) is 0.600. The Bertz CT molecular complexity index is 344. The quantitative estimate of drug-likeness (QED) is 0.858. The van der Waals surface area contributed by atoms with Gasteiger partial charge in [-0.15, -0.1) is 0 Å². The number of aliphatic hydroxyl groups is 1. The Hall–Kier alpha value is -0.510. The van der Waals surface area contributed by atoms with E-state index in [-0.39, 0.29) is 6.61 Å². The predicted molar refractivity (Wildman–Crippen MR) is 79.2 cm³/mol. The van der Waals surface area contributed by atoms with Gasteiger partial charge in [0.15, 0.2) is 0 Å². The molecule has 0 aliphatic heterocycles. The van der Waals surface area contributed by atoms with E-state index in [0.717, 1.165) is 5.75 Å². The summed E-state index contributed by atoms with van der Waals surface area (Å²) in [6, 6.07) is 11.4. The molecule has 1 aliphatic carbocycles. The number of hydrogen-bond acceptors (Lipinski definition) is 3. The topological polar surface area (TPSA) is 32.3 Å². The van der Waals surface area contributed by atoms with Crippen molar-refractivity contribution in [3.63, 3.8) is 0 Å². The van der Waals surface area contributed by atoms with Crippen molar-refractivity contribution in [1.29, 1.82) is 0 Å². The third kappa shape index (κ3) is 3.50. The van der Waals surface area contributed by atoms with E-state index in [2.05, 4.69) is 42.7 Å². The van der Waals surface area contributed by atoms with Gasteiger partial charge in [0.05, 0.1) is 6.61 Å². The van der Waals surface area contributed by atoms with Gasteiger partial charge in [-0.2, -0.15) is 11.8 Å². The van der Waals surface area contributed by atoms with E-state index in [1.54, 1.807) is 0 Å². The molecule has 0 heterocycles. The lowest BCUT2D eigenvalue weighted by molar-refractivity contribution is 0.321. The minimum Gasteiger partial charge on any atom is -0.396 e. The molecule has 2 N–H and O–H groups in total. The molecule has 2 nitrogen and oxygen atoms in total. The number of rotatable bonds is 5. The maximum atomic E-state index is 9.00. The van der Waals surface area contributed by atoms with E-state index < -0.39 is 0 Å². The number of nitrogens with one attached hydrogen (secondary N) is 1. The molecule has 0 bridgehead atoms. The molecule has 3 atom stereocenters. The summed E-state index contributed by atoms with van der Waals surface area (Å²) < 4.78 is 0. The molecule has 2 rings (SSSR count). The molecule has 18 heavy (non-hydrogen) atoms. The van der Waals surface area contributed by atoms with Gasteiger partial charge in [0.25, 0.3) is 0 Å². The molecule has 3 unspecified atom stereocenters. The molecular weight excluding hydrogens is 242 g/mol. The van der Waals surface area contributed by atoms with Crippen LogP contribution in [0.1, 0.15) is 30.7 Å². The van der Waals surface area contributed by atoms with Crippen LogP contribution in [-0.2, 0) is 0 Å². The summed E-state index contributed by atoms with van der Waals surface area (Å²) in [5.74, 6) is 1.54. The predicted octanol–water partition coefficient (Wildman–Crippen LogP) is 2.64. The van der Waals surface area contributed by atoms with Crippen molar-refractivity contribution in [2.45, 2.75) is 36.5 Å². The molecule has 100 valence electrons. The van der Waals surface area contributed by atoms with Crippen molar-refractivity contribution in [2.75, 3.05) is 19.4 Å². The first-order valence-corrected chi connectivity index (χ1v) is 7.84.